The summed E-state index contributed by atoms with van der Waals surface area (Å²) in [6, 6.07) is 6.63. The first-order valence-electron chi connectivity index (χ1n) is 8.52. The minimum atomic E-state index is -0.308. The maximum atomic E-state index is 13.2. The van der Waals surface area contributed by atoms with Crippen molar-refractivity contribution in [2.45, 2.75) is 6.54 Å². The van der Waals surface area contributed by atoms with Crippen molar-refractivity contribution in [1.82, 2.24) is 5.32 Å². The van der Waals surface area contributed by atoms with Crippen LogP contribution in [-0.2, 0) is 6.54 Å². The van der Waals surface area contributed by atoms with Gasteiger partial charge < -0.3 is 25.3 Å². The fourth-order valence-corrected chi connectivity index (χ4v) is 3.24. The maximum absolute atomic E-state index is 13.2. The van der Waals surface area contributed by atoms with Gasteiger partial charge in [-0.3, -0.25) is 9.59 Å². The van der Waals surface area contributed by atoms with Crippen LogP contribution in [0, 0.1) is 0 Å². The highest BCUT2D eigenvalue weighted by Gasteiger charge is 2.36. The number of hydrogen-bond donors (Lipinski definition) is 2. The van der Waals surface area contributed by atoms with Crippen LogP contribution in [0.15, 0.2) is 24.3 Å². The first-order chi connectivity index (χ1) is 13.0. The van der Waals surface area contributed by atoms with Crippen LogP contribution in [0.5, 0.6) is 17.2 Å². The van der Waals surface area contributed by atoms with Gasteiger partial charge in [0.25, 0.3) is 0 Å². The Morgan fingerprint density at radius 3 is 2.07 bits per heavy atom. The zero-order chi connectivity index (χ0) is 19.6. The van der Waals surface area contributed by atoms with Crippen molar-refractivity contribution in [3.63, 3.8) is 0 Å². The average molecular weight is 370 g/mol. The minimum Gasteiger partial charge on any atom is -0.497 e. The second kappa shape index (κ2) is 7.77. The molecular weight excluding hydrogens is 348 g/mol. The summed E-state index contributed by atoms with van der Waals surface area (Å²) in [6.07, 6.45) is 0. The van der Waals surface area contributed by atoms with Crippen molar-refractivity contribution in [1.29, 1.82) is 0 Å². The van der Waals surface area contributed by atoms with Gasteiger partial charge in [-0.05, 0) is 23.8 Å². The molecule has 0 fully saturated rings. The predicted octanol–water partition coefficient (Wildman–Crippen LogP) is 1.54. The molecule has 0 spiro atoms. The molecule has 27 heavy (non-hydrogen) atoms. The van der Waals surface area contributed by atoms with E-state index in [9.17, 15) is 9.59 Å². The number of rotatable bonds is 7. The molecule has 1 aliphatic carbocycles. The van der Waals surface area contributed by atoms with Crippen molar-refractivity contribution in [2.24, 2.45) is 5.73 Å². The van der Waals surface area contributed by atoms with Gasteiger partial charge in [0, 0.05) is 36.8 Å². The number of methoxy groups -OCH3 is 3. The SMILES string of the molecule is COc1cc(OC)c2c(c1)C(=O)c1cc(CNCCN)cc(OC)c1C2=O. The molecular formula is C20H22N2O5. The fourth-order valence-electron chi connectivity index (χ4n) is 3.24. The van der Waals surface area contributed by atoms with Gasteiger partial charge >= 0.3 is 0 Å². The van der Waals surface area contributed by atoms with E-state index in [1.54, 1.807) is 24.3 Å². The molecule has 0 saturated carbocycles. The normalized spacial score (nSPS) is 12.4. The highest BCUT2D eigenvalue weighted by atomic mass is 16.5. The molecule has 7 heteroatoms. The third-order valence-corrected chi connectivity index (χ3v) is 4.51. The third kappa shape index (κ3) is 3.27. The second-order valence-corrected chi connectivity index (χ2v) is 6.10. The number of ether oxygens (including phenoxy) is 3. The Morgan fingerprint density at radius 2 is 1.48 bits per heavy atom. The Morgan fingerprint density at radius 1 is 0.852 bits per heavy atom. The van der Waals surface area contributed by atoms with Gasteiger partial charge in [-0.1, -0.05) is 0 Å². The van der Waals surface area contributed by atoms with Crippen molar-refractivity contribution < 1.29 is 23.8 Å². The van der Waals surface area contributed by atoms with Crippen LogP contribution in [0.2, 0.25) is 0 Å². The van der Waals surface area contributed by atoms with E-state index >= 15 is 0 Å². The molecule has 142 valence electrons. The zero-order valence-corrected chi connectivity index (χ0v) is 15.5. The van der Waals surface area contributed by atoms with Crippen molar-refractivity contribution in [3.05, 3.63) is 52.1 Å². The van der Waals surface area contributed by atoms with Crippen LogP contribution in [-0.4, -0.2) is 46.0 Å². The van der Waals surface area contributed by atoms with Crippen LogP contribution in [0.25, 0.3) is 0 Å². The zero-order valence-electron chi connectivity index (χ0n) is 15.5. The van der Waals surface area contributed by atoms with E-state index in [2.05, 4.69) is 5.32 Å². The first kappa shape index (κ1) is 18.9. The highest BCUT2D eigenvalue weighted by molar-refractivity contribution is 6.30. The summed E-state index contributed by atoms with van der Waals surface area (Å²) in [6.45, 7) is 1.66. The Balaban J connectivity index is 2.17. The molecule has 0 aliphatic heterocycles. The smallest absolute Gasteiger partial charge is 0.201 e. The lowest BCUT2D eigenvalue weighted by atomic mass is 9.82. The monoisotopic (exact) mass is 370 g/mol. The molecule has 0 aromatic heterocycles. The topological polar surface area (TPSA) is 99.9 Å². The molecule has 0 amide bonds. The van der Waals surface area contributed by atoms with Crippen LogP contribution >= 0.6 is 0 Å². The van der Waals surface area contributed by atoms with E-state index in [4.69, 9.17) is 19.9 Å². The van der Waals surface area contributed by atoms with Gasteiger partial charge in [-0.15, -0.1) is 0 Å². The van der Waals surface area contributed by atoms with E-state index in [0.29, 0.717) is 42.4 Å². The van der Waals surface area contributed by atoms with Gasteiger partial charge in [0.05, 0.1) is 32.5 Å². The van der Waals surface area contributed by atoms with E-state index < -0.39 is 0 Å². The van der Waals surface area contributed by atoms with Gasteiger partial charge in [0.1, 0.15) is 17.2 Å². The molecule has 0 heterocycles. The number of ketones is 2. The van der Waals surface area contributed by atoms with Crippen LogP contribution < -0.4 is 25.3 Å². The number of carbonyl (C=O) groups is 2. The van der Waals surface area contributed by atoms with Crippen LogP contribution in [0.4, 0.5) is 0 Å². The predicted molar refractivity (Wildman–Crippen MR) is 100 cm³/mol. The third-order valence-electron chi connectivity index (χ3n) is 4.51. The standard InChI is InChI=1S/C20H22N2O5/c1-25-12-8-14-18(16(9-12)27-3)20(24)17-13(19(14)23)6-11(7-15(17)26-2)10-22-5-4-21/h6-9,22H,4-5,10,21H2,1-3H3. The fraction of sp³-hybridized carbons (Fsp3) is 0.300. The minimum absolute atomic E-state index is 0.225. The van der Waals surface area contributed by atoms with Gasteiger partial charge in [0.2, 0.25) is 5.78 Å². The number of benzene rings is 2. The summed E-state index contributed by atoms with van der Waals surface area (Å²) in [7, 11) is 4.42. The van der Waals surface area contributed by atoms with Crippen molar-refractivity contribution in [2.75, 3.05) is 34.4 Å². The quantitative estimate of drug-likeness (QED) is 0.609. The van der Waals surface area contributed by atoms with E-state index in [1.165, 1.54) is 21.3 Å². The van der Waals surface area contributed by atoms with Gasteiger partial charge in [0.15, 0.2) is 5.78 Å². The summed E-state index contributed by atoms with van der Waals surface area (Å²) in [5.74, 6) is 0.527. The molecule has 0 radical (unpaired) electrons. The van der Waals surface area contributed by atoms with Gasteiger partial charge in [-0.2, -0.15) is 0 Å². The van der Waals surface area contributed by atoms with Crippen LogP contribution in [0.3, 0.4) is 0 Å². The van der Waals surface area contributed by atoms with Gasteiger partial charge in [-0.25, -0.2) is 0 Å². The Kier molecular flexibility index (Phi) is 5.43. The largest absolute Gasteiger partial charge is 0.497 e. The van der Waals surface area contributed by atoms with E-state index in [-0.39, 0.29) is 28.3 Å². The Labute approximate surface area is 157 Å². The molecule has 2 aromatic carbocycles. The Hall–Kier alpha value is -2.90. The lowest BCUT2D eigenvalue weighted by Crippen LogP contribution is -2.25. The molecule has 1 aliphatic rings. The Bertz CT molecular complexity index is 908. The summed E-state index contributed by atoms with van der Waals surface area (Å²) >= 11 is 0. The number of fused-ring (bicyclic) bond motifs is 2. The summed E-state index contributed by atoms with van der Waals surface area (Å²) in [4.78, 5) is 26.4. The molecule has 2 aromatic rings. The summed E-state index contributed by atoms with van der Waals surface area (Å²) < 4.78 is 16.0. The molecule has 0 saturated heterocycles. The number of nitrogens with two attached hydrogens (primary N) is 1. The van der Waals surface area contributed by atoms with E-state index in [0.717, 1.165) is 5.56 Å². The molecule has 0 unspecified atom stereocenters. The average Bonchev–Trinajstić information content (AvgIpc) is 2.70. The number of nitrogens with one attached hydrogen (secondary N) is 1. The molecule has 0 bridgehead atoms. The second-order valence-electron chi connectivity index (χ2n) is 6.10. The van der Waals surface area contributed by atoms with Crippen molar-refractivity contribution in [3.8, 4) is 17.2 Å². The number of hydrogen-bond acceptors (Lipinski definition) is 7. The number of carbonyl (C=O) groups excluding carboxylic acids is 2. The summed E-state index contributed by atoms with van der Waals surface area (Å²) in [5, 5.41) is 3.17. The lowest BCUT2D eigenvalue weighted by molar-refractivity contribution is 0.0973. The van der Waals surface area contributed by atoms with E-state index in [1.807, 2.05) is 0 Å². The van der Waals surface area contributed by atoms with Crippen molar-refractivity contribution >= 4 is 11.6 Å². The lowest BCUT2D eigenvalue weighted by Gasteiger charge is -2.23. The maximum Gasteiger partial charge on any atom is 0.201 e. The summed E-state index contributed by atoms with van der Waals surface area (Å²) in [5.41, 5.74) is 7.38. The first-order valence-corrected chi connectivity index (χ1v) is 8.52. The van der Waals surface area contributed by atoms with Crippen LogP contribution in [0.1, 0.15) is 37.4 Å². The molecule has 0 atom stereocenters. The molecule has 3 rings (SSSR count). The molecule has 7 nitrogen and oxygen atoms in total. The molecule has 3 N–H and O–H groups in total. The highest BCUT2D eigenvalue weighted by Crippen LogP contribution is 2.40.